The predicted octanol–water partition coefficient (Wildman–Crippen LogP) is 6.30. The Hall–Kier alpha value is -0.860. The molecule has 4 aliphatic rings. The van der Waals surface area contributed by atoms with E-state index >= 15 is 0 Å². The summed E-state index contributed by atoms with van der Waals surface area (Å²) in [7, 11) is 0. The first-order chi connectivity index (χ1) is 14.1. The predicted molar refractivity (Wildman–Crippen MR) is 125 cm³/mol. The van der Waals surface area contributed by atoms with E-state index in [-0.39, 0.29) is 11.5 Å². The van der Waals surface area contributed by atoms with Gasteiger partial charge in [-0.2, -0.15) is 0 Å². The van der Waals surface area contributed by atoms with Crippen molar-refractivity contribution >= 4 is 0 Å². The highest BCUT2D eigenvalue weighted by molar-refractivity contribution is 5.40. The Balaban J connectivity index is 1.59. The summed E-state index contributed by atoms with van der Waals surface area (Å²) in [6.07, 6.45) is 15.1. The molecule has 2 heteroatoms. The Bertz CT molecular complexity index is 746. The highest BCUT2D eigenvalue weighted by atomic mass is 16.3. The molecule has 9 atom stereocenters. The lowest BCUT2D eigenvalue weighted by Gasteiger charge is -2.56. The summed E-state index contributed by atoms with van der Waals surface area (Å²) in [5, 5.41) is 21.3. The van der Waals surface area contributed by atoms with E-state index in [2.05, 4.69) is 65.8 Å². The minimum absolute atomic E-state index is 0.180. The molecule has 0 aromatic heterocycles. The Morgan fingerprint density at radius 3 is 2.40 bits per heavy atom. The number of hydrogen-bond acceptors (Lipinski definition) is 2. The van der Waals surface area contributed by atoms with Gasteiger partial charge in [-0.15, -0.1) is 0 Å². The molecule has 7 unspecified atom stereocenters. The minimum Gasteiger partial charge on any atom is -0.393 e. The summed E-state index contributed by atoms with van der Waals surface area (Å²) in [6, 6.07) is 0. The number of allylic oxidation sites excluding steroid dienone is 5. The maximum atomic E-state index is 11.0. The average Bonchev–Trinajstić information content (AvgIpc) is 3.04. The van der Waals surface area contributed by atoms with Gasteiger partial charge in [-0.25, -0.2) is 0 Å². The van der Waals surface area contributed by atoms with Crippen LogP contribution in [0.2, 0.25) is 0 Å². The summed E-state index contributed by atoms with van der Waals surface area (Å²) in [6.45, 7) is 14.2. The largest absolute Gasteiger partial charge is 0.393 e. The second kappa shape index (κ2) is 7.93. The van der Waals surface area contributed by atoms with Crippen LogP contribution in [0.1, 0.15) is 80.1 Å². The van der Waals surface area contributed by atoms with Crippen LogP contribution in [0, 0.1) is 46.3 Å². The van der Waals surface area contributed by atoms with Crippen molar-refractivity contribution in [2.45, 2.75) is 92.3 Å². The number of fused-ring (bicyclic) bond motifs is 5. The molecule has 4 aliphatic carbocycles. The SMILES string of the molecule is CC(C)C(C)/C=C/C(C)C1CCC2C3=CC=C4C[C@@H](O)C[C@H](O)C4(C)C3CCC21C. The maximum absolute atomic E-state index is 11.0. The van der Waals surface area contributed by atoms with Gasteiger partial charge in [-0.3, -0.25) is 0 Å². The molecule has 30 heavy (non-hydrogen) atoms. The third-order valence-electron chi connectivity index (χ3n) is 10.1. The topological polar surface area (TPSA) is 40.5 Å². The molecular weight excluding hydrogens is 368 g/mol. The van der Waals surface area contributed by atoms with E-state index in [4.69, 9.17) is 0 Å². The van der Waals surface area contributed by atoms with Gasteiger partial charge in [0.1, 0.15) is 0 Å². The average molecular weight is 413 g/mol. The standard InChI is InChI=1S/C28H44O2/c1-17(2)18(3)7-8-19(4)23-11-12-24-22-10-9-20-15-21(29)16-26(30)28(20,6)25(22)13-14-27(23,24)5/h7-10,17-19,21,23-26,29-30H,11-16H2,1-6H3/b8-7+/t18?,19?,21-,23?,24?,25?,26+,27?,28?/m1/s1. The zero-order chi connectivity index (χ0) is 21.8. The first kappa shape index (κ1) is 22.3. The molecular formula is C28H44O2. The summed E-state index contributed by atoms with van der Waals surface area (Å²) in [4.78, 5) is 0. The van der Waals surface area contributed by atoms with Crippen LogP contribution in [0.3, 0.4) is 0 Å². The lowest BCUT2D eigenvalue weighted by molar-refractivity contribution is -0.0537. The quantitative estimate of drug-likeness (QED) is 0.532. The molecule has 0 amide bonds. The van der Waals surface area contributed by atoms with Crippen LogP contribution in [0.15, 0.2) is 35.5 Å². The first-order valence-corrected chi connectivity index (χ1v) is 12.5. The van der Waals surface area contributed by atoms with Crippen LogP contribution in [0.25, 0.3) is 0 Å². The van der Waals surface area contributed by atoms with Crippen molar-refractivity contribution in [3.8, 4) is 0 Å². The van der Waals surface area contributed by atoms with Gasteiger partial charge in [0, 0.05) is 11.8 Å². The van der Waals surface area contributed by atoms with Gasteiger partial charge in [-0.05, 0) is 73.0 Å². The van der Waals surface area contributed by atoms with E-state index in [9.17, 15) is 10.2 Å². The first-order valence-electron chi connectivity index (χ1n) is 12.5. The van der Waals surface area contributed by atoms with Crippen molar-refractivity contribution in [3.63, 3.8) is 0 Å². The smallest absolute Gasteiger partial charge is 0.0661 e. The fraction of sp³-hybridized carbons (Fsp3) is 0.786. The number of hydrogen-bond donors (Lipinski definition) is 2. The lowest BCUT2D eigenvalue weighted by Crippen LogP contribution is -2.52. The van der Waals surface area contributed by atoms with E-state index in [1.807, 2.05) is 0 Å². The van der Waals surface area contributed by atoms with Gasteiger partial charge in [0.25, 0.3) is 0 Å². The molecule has 0 saturated heterocycles. The third-order valence-corrected chi connectivity index (χ3v) is 10.1. The Kier molecular flexibility index (Phi) is 5.90. The molecule has 3 saturated carbocycles. The van der Waals surface area contributed by atoms with Crippen molar-refractivity contribution in [2.75, 3.05) is 0 Å². The molecule has 3 fully saturated rings. The van der Waals surface area contributed by atoms with Crippen LogP contribution in [0.4, 0.5) is 0 Å². The molecule has 0 spiro atoms. The monoisotopic (exact) mass is 412 g/mol. The van der Waals surface area contributed by atoms with E-state index in [1.165, 1.54) is 31.3 Å². The zero-order valence-corrected chi connectivity index (χ0v) is 20.1. The van der Waals surface area contributed by atoms with Gasteiger partial charge in [-0.1, -0.05) is 77.0 Å². The zero-order valence-electron chi connectivity index (χ0n) is 20.1. The van der Waals surface area contributed by atoms with Crippen molar-refractivity contribution < 1.29 is 10.2 Å². The highest BCUT2D eigenvalue weighted by Crippen LogP contribution is 2.66. The highest BCUT2D eigenvalue weighted by Gasteiger charge is 2.58. The van der Waals surface area contributed by atoms with E-state index in [0.717, 1.165) is 12.3 Å². The second-order valence-corrected chi connectivity index (χ2v) is 11.9. The van der Waals surface area contributed by atoms with E-state index in [0.29, 0.717) is 41.4 Å². The summed E-state index contributed by atoms with van der Waals surface area (Å²) in [5.74, 6) is 3.80. The normalized spacial score (nSPS) is 45.4. The molecule has 2 nitrogen and oxygen atoms in total. The summed E-state index contributed by atoms with van der Waals surface area (Å²) < 4.78 is 0. The Morgan fingerprint density at radius 2 is 1.70 bits per heavy atom. The Morgan fingerprint density at radius 1 is 0.967 bits per heavy atom. The van der Waals surface area contributed by atoms with Gasteiger partial charge in [0.15, 0.2) is 0 Å². The minimum atomic E-state index is -0.429. The van der Waals surface area contributed by atoms with Gasteiger partial charge in [0.05, 0.1) is 12.2 Å². The molecule has 168 valence electrons. The molecule has 0 aromatic rings. The van der Waals surface area contributed by atoms with E-state index in [1.54, 1.807) is 5.57 Å². The molecule has 2 N–H and O–H groups in total. The number of aliphatic hydroxyl groups excluding tert-OH is 2. The van der Waals surface area contributed by atoms with Crippen LogP contribution in [-0.2, 0) is 0 Å². The molecule has 4 rings (SSSR count). The molecule has 0 heterocycles. The number of rotatable bonds is 4. The fourth-order valence-electron chi connectivity index (χ4n) is 7.66. The molecule has 0 radical (unpaired) electrons. The summed E-state index contributed by atoms with van der Waals surface area (Å²) >= 11 is 0. The maximum Gasteiger partial charge on any atom is 0.0661 e. The third kappa shape index (κ3) is 3.37. The summed E-state index contributed by atoms with van der Waals surface area (Å²) in [5.41, 5.74) is 3.08. The van der Waals surface area contributed by atoms with Gasteiger partial charge < -0.3 is 10.2 Å². The van der Waals surface area contributed by atoms with Crippen LogP contribution in [-0.4, -0.2) is 22.4 Å². The lowest BCUT2D eigenvalue weighted by atomic mass is 9.49. The van der Waals surface area contributed by atoms with Crippen molar-refractivity contribution in [1.82, 2.24) is 0 Å². The van der Waals surface area contributed by atoms with Gasteiger partial charge >= 0.3 is 0 Å². The molecule has 0 bridgehead atoms. The van der Waals surface area contributed by atoms with Crippen LogP contribution >= 0.6 is 0 Å². The van der Waals surface area contributed by atoms with Crippen molar-refractivity contribution in [1.29, 1.82) is 0 Å². The van der Waals surface area contributed by atoms with E-state index < -0.39 is 6.10 Å². The number of aliphatic hydroxyl groups is 2. The fourth-order valence-corrected chi connectivity index (χ4v) is 7.66. The van der Waals surface area contributed by atoms with Crippen molar-refractivity contribution in [3.05, 3.63) is 35.5 Å². The Labute approximate surface area is 184 Å². The molecule has 0 aliphatic heterocycles. The van der Waals surface area contributed by atoms with Crippen LogP contribution in [0.5, 0.6) is 0 Å². The van der Waals surface area contributed by atoms with Crippen LogP contribution < -0.4 is 0 Å². The van der Waals surface area contributed by atoms with Gasteiger partial charge in [0.2, 0.25) is 0 Å². The second-order valence-electron chi connectivity index (χ2n) is 11.9. The van der Waals surface area contributed by atoms with Crippen molar-refractivity contribution in [2.24, 2.45) is 46.3 Å². The molecule has 0 aromatic carbocycles.